The summed E-state index contributed by atoms with van der Waals surface area (Å²) < 4.78 is 0. The van der Waals surface area contributed by atoms with Gasteiger partial charge in [0.15, 0.2) is 0 Å². The van der Waals surface area contributed by atoms with E-state index in [1.165, 1.54) is 22.0 Å². The van der Waals surface area contributed by atoms with E-state index in [-0.39, 0.29) is 5.91 Å². The van der Waals surface area contributed by atoms with Crippen LogP contribution in [0.2, 0.25) is 0 Å². The van der Waals surface area contributed by atoms with Gasteiger partial charge in [-0.25, -0.2) is 4.98 Å². The molecule has 3 aromatic rings. The summed E-state index contributed by atoms with van der Waals surface area (Å²) in [5.41, 5.74) is 4.38. The van der Waals surface area contributed by atoms with Crippen molar-refractivity contribution in [3.63, 3.8) is 0 Å². The molecule has 0 aliphatic heterocycles. The number of para-hydroxylation sites is 1. The third-order valence-corrected chi connectivity index (χ3v) is 4.23. The number of fused-ring (bicyclic) bond motifs is 1. The number of nitrogens with one attached hydrogen (secondary N) is 3. The summed E-state index contributed by atoms with van der Waals surface area (Å²) in [5.74, 6) is 0.483. The van der Waals surface area contributed by atoms with E-state index < -0.39 is 0 Å². The molecule has 0 atom stereocenters. The molecule has 0 saturated heterocycles. The molecule has 2 heterocycles. The number of hydrogen-bond donors (Lipinski definition) is 3. The summed E-state index contributed by atoms with van der Waals surface area (Å²) in [4.78, 5) is 19.5. The minimum atomic E-state index is -0.134. The highest BCUT2D eigenvalue weighted by molar-refractivity contribution is 5.98. The van der Waals surface area contributed by atoms with Gasteiger partial charge in [0, 0.05) is 36.9 Å². The molecule has 0 saturated carbocycles. The van der Waals surface area contributed by atoms with Crippen LogP contribution in [0.1, 0.15) is 28.4 Å². The number of aromatic amines is 1. The summed E-state index contributed by atoms with van der Waals surface area (Å²) >= 11 is 0. The highest BCUT2D eigenvalue weighted by Crippen LogP contribution is 2.22. The lowest BCUT2D eigenvalue weighted by atomic mass is 10.1. The summed E-state index contributed by atoms with van der Waals surface area (Å²) in [7, 11) is 1.62. The highest BCUT2D eigenvalue weighted by atomic mass is 16.1. The van der Waals surface area contributed by atoms with Crippen molar-refractivity contribution in [1.82, 2.24) is 15.3 Å². The van der Waals surface area contributed by atoms with Crippen molar-refractivity contribution in [1.29, 1.82) is 0 Å². The van der Waals surface area contributed by atoms with Crippen molar-refractivity contribution in [2.24, 2.45) is 0 Å². The maximum atomic E-state index is 11.9. The van der Waals surface area contributed by atoms with E-state index in [1.807, 2.05) is 0 Å². The number of carbonyl (C=O) groups excluding carboxylic acids is 1. The Morgan fingerprint density at radius 3 is 2.88 bits per heavy atom. The van der Waals surface area contributed by atoms with E-state index in [2.05, 4.69) is 51.9 Å². The molecule has 2 aromatic heterocycles. The average Bonchev–Trinajstić information content (AvgIpc) is 3.05. The summed E-state index contributed by atoms with van der Waals surface area (Å²) in [6, 6.07) is 9.95. The van der Waals surface area contributed by atoms with Crippen molar-refractivity contribution >= 4 is 22.6 Å². The molecule has 24 heavy (non-hydrogen) atoms. The molecule has 5 nitrogen and oxygen atoms in total. The quantitative estimate of drug-likeness (QED) is 0.653. The van der Waals surface area contributed by atoms with E-state index in [9.17, 15) is 4.79 Å². The van der Waals surface area contributed by atoms with Crippen LogP contribution >= 0.6 is 0 Å². The first kappa shape index (κ1) is 16.1. The topological polar surface area (TPSA) is 69.8 Å². The van der Waals surface area contributed by atoms with E-state index in [0.717, 1.165) is 12.8 Å². The van der Waals surface area contributed by atoms with E-state index in [0.29, 0.717) is 17.9 Å². The predicted octanol–water partition coefficient (Wildman–Crippen LogP) is 3.14. The second-order valence-electron chi connectivity index (χ2n) is 5.66. The lowest BCUT2D eigenvalue weighted by Crippen LogP contribution is -2.20. The Kier molecular flexibility index (Phi) is 4.79. The van der Waals surface area contributed by atoms with Gasteiger partial charge in [-0.1, -0.05) is 25.1 Å². The van der Waals surface area contributed by atoms with Gasteiger partial charge in [-0.05, 0) is 36.1 Å². The number of benzene rings is 1. The largest absolute Gasteiger partial charge is 0.369 e. The minimum absolute atomic E-state index is 0.134. The summed E-state index contributed by atoms with van der Waals surface area (Å²) in [6.45, 7) is 2.88. The molecule has 0 radical (unpaired) electrons. The number of hydrogen-bond acceptors (Lipinski definition) is 3. The average molecular weight is 322 g/mol. The molecule has 0 fully saturated rings. The van der Waals surface area contributed by atoms with Gasteiger partial charge >= 0.3 is 0 Å². The first-order valence-electron chi connectivity index (χ1n) is 8.23. The molecule has 3 rings (SSSR count). The zero-order valence-electron chi connectivity index (χ0n) is 14.0. The molecule has 0 aliphatic carbocycles. The summed E-state index contributed by atoms with van der Waals surface area (Å²) in [5, 5.41) is 7.18. The number of amides is 1. The molecule has 1 aromatic carbocycles. The van der Waals surface area contributed by atoms with E-state index in [1.54, 1.807) is 25.4 Å². The third kappa shape index (κ3) is 3.11. The van der Waals surface area contributed by atoms with Crippen LogP contribution in [0.25, 0.3) is 10.9 Å². The highest BCUT2D eigenvalue weighted by Gasteiger charge is 2.11. The normalized spacial score (nSPS) is 10.8. The fraction of sp³-hybridized carbons (Fsp3) is 0.263. The second-order valence-corrected chi connectivity index (χ2v) is 5.66. The SMILES string of the molecule is CCc1cccc2c(CCNc3ncccc3C(=O)NC)c[nH]c12. The van der Waals surface area contributed by atoms with Crippen molar-refractivity contribution in [2.45, 2.75) is 19.8 Å². The molecule has 0 unspecified atom stereocenters. The minimum Gasteiger partial charge on any atom is -0.369 e. The van der Waals surface area contributed by atoms with Crippen LogP contribution in [0.15, 0.2) is 42.7 Å². The number of rotatable bonds is 6. The van der Waals surface area contributed by atoms with Gasteiger partial charge in [0.2, 0.25) is 0 Å². The standard InChI is InChI=1S/C19H22N4O/c1-3-13-6-4-7-15-14(12-23-17(13)15)9-11-22-18-16(19(24)20-2)8-5-10-21-18/h4-8,10,12,23H,3,9,11H2,1-2H3,(H,20,24)(H,21,22). The lowest BCUT2D eigenvalue weighted by molar-refractivity contribution is 0.0963. The second kappa shape index (κ2) is 7.17. The zero-order valence-corrected chi connectivity index (χ0v) is 14.0. The monoisotopic (exact) mass is 322 g/mol. The maximum Gasteiger partial charge on any atom is 0.254 e. The predicted molar refractivity (Wildman–Crippen MR) is 97.5 cm³/mol. The van der Waals surface area contributed by atoms with Gasteiger partial charge in [0.1, 0.15) is 5.82 Å². The Labute approximate surface area is 141 Å². The van der Waals surface area contributed by atoms with Gasteiger partial charge in [-0.3, -0.25) is 4.79 Å². The van der Waals surface area contributed by atoms with Crippen molar-refractivity contribution in [3.05, 3.63) is 59.4 Å². The number of aromatic nitrogens is 2. The molecular weight excluding hydrogens is 300 g/mol. The molecule has 0 bridgehead atoms. The Balaban J connectivity index is 1.73. The van der Waals surface area contributed by atoms with Crippen LogP contribution in [-0.4, -0.2) is 29.5 Å². The number of aryl methyl sites for hydroxylation is 1. The van der Waals surface area contributed by atoms with Crippen LogP contribution in [-0.2, 0) is 12.8 Å². The fourth-order valence-corrected chi connectivity index (χ4v) is 2.96. The van der Waals surface area contributed by atoms with Crippen LogP contribution in [0.3, 0.4) is 0 Å². The zero-order chi connectivity index (χ0) is 16.9. The Morgan fingerprint density at radius 1 is 1.21 bits per heavy atom. The molecule has 124 valence electrons. The Hall–Kier alpha value is -2.82. The number of anilines is 1. The molecule has 0 aliphatic rings. The number of pyridine rings is 1. The fourth-order valence-electron chi connectivity index (χ4n) is 2.96. The first-order chi connectivity index (χ1) is 11.7. The molecule has 1 amide bonds. The Bertz CT molecular complexity index is 853. The number of nitrogens with zero attached hydrogens (tertiary/aromatic N) is 1. The van der Waals surface area contributed by atoms with E-state index >= 15 is 0 Å². The van der Waals surface area contributed by atoms with Crippen molar-refractivity contribution in [2.75, 3.05) is 18.9 Å². The van der Waals surface area contributed by atoms with Gasteiger partial charge in [0.05, 0.1) is 5.56 Å². The van der Waals surface area contributed by atoms with E-state index in [4.69, 9.17) is 0 Å². The molecule has 3 N–H and O–H groups in total. The smallest absolute Gasteiger partial charge is 0.254 e. The first-order valence-corrected chi connectivity index (χ1v) is 8.23. The van der Waals surface area contributed by atoms with Gasteiger partial charge in [-0.15, -0.1) is 0 Å². The van der Waals surface area contributed by atoms with Crippen LogP contribution < -0.4 is 10.6 Å². The van der Waals surface area contributed by atoms with Gasteiger partial charge < -0.3 is 15.6 Å². The molecule has 5 heteroatoms. The van der Waals surface area contributed by atoms with Gasteiger partial charge in [0.25, 0.3) is 5.91 Å². The Morgan fingerprint density at radius 2 is 2.08 bits per heavy atom. The molecular formula is C19H22N4O. The van der Waals surface area contributed by atoms with Crippen molar-refractivity contribution in [3.8, 4) is 0 Å². The third-order valence-electron chi connectivity index (χ3n) is 4.23. The molecule has 0 spiro atoms. The maximum absolute atomic E-state index is 11.9. The summed E-state index contributed by atoms with van der Waals surface area (Å²) in [6.07, 6.45) is 5.63. The lowest BCUT2D eigenvalue weighted by Gasteiger charge is -2.09. The van der Waals surface area contributed by atoms with Gasteiger partial charge in [-0.2, -0.15) is 0 Å². The van der Waals surface area contributed by atoms with Crippen LogP contribution in [0.5, 0.6) is 0 Å². The van der Waals surface area contributed by atoms with Crippen molar-refractivity contribution < 1.29 is 4.79 Å². The number of carbonyl (C=O) groups is 1. The van der Waals surface area contributed by atoms with Crippen LogP contribution in [0.4, 0.5) is 5.82 Å². The number of H-pyrrole nitrogens is 1. The van der Waals surface area contributed by atoms with Crippen LogP contribution in [0, 0.1) is 0 Å².